The molecular weight excluding hydrogens is 200 g/mol. The second-order valence-corrected chi connectivity index (χ2v) is 3.91. The highest BCUT2D eigenvalue weighted by molar-refractivity contribution is 5.89. The molecule has 0 fully saturated rings. The molecule has 0 saturated heterocycles. The summed E-state index contributed by atoms with van der Waals surface area (Å²) in [6.45, 7) is 1.86. The van der Waals surface area contributed by atoms with Crippen LogP contribution in [0.3, 0.4) is 0 Å². The SMILES string of the molecule is CC(C=O)c1ccc2ccc(C=O)cc2c1. The molecule has 0 aliphatic heterocycles. The molecule has 1 atom stereocenters. The van der Waals surface area contributed by atoms with E-state index in [-0.39, 0.29) is 5.92 Å². The van der Waals surface area contributed by atoms with Gasteiger partial charge < -0.3 is 4.79 Å². The quantitative estimate of drug-likeness (QED) is 0.733. The van der Waals surface area contributed by atoms with Crippen molar-refractivity contribution < 1.29 is 9.59 Å². The molecule has 0 aliphatic rings. The van der Waals surface area contributed by atoms with E-state index in [4.69, 9.17) is 0 Å². The van der Waals surface area contributed by atoms with Crippen molar-refractivity contribution in [2.24, 2.45) is 0 Å². The number of fused-ring (bicyclic) bond motifs is 1. The zero-order valence-corrected chi connectivity index (χ0v) is 9.01. The van der Waals surface area contributed by atoms with Crippen molar-refractivity contribution in [3.8, 4) is 0 Å². The topological polar surface area (TPSA) is 34.1 Å². The minimum atomic E-state index is -0.107. The molecule has 0 aromatic heterocycles. The highest BCUT2D eigenvalue weighted by Gasteiger charge is 2.04. The molecule has 2 nitrogen and oxygen atoms in total. The Balaban J connectivity index is 2.58. The maximum Gasteiger partial charge on any atom is 0.150 e. The van der Waals surface area contributed by atoms with Gasteiger partial charge in [-0.25, -0.2) is 0 Å². The Morgan fingerprint density at radius 2 is 1.75 bits per heavy atom. The van der Waals surface area contributed by atoms with Crippen LogP contribution in [-0.4, -0.2) is 12.6 Å². The lowest BCUT2D eigenvalue weighted by Crippen LogP contribution is -1.93. The molecule has 16 heavy (non-hydrogen) atoms. The van der Waals surface area contributed by atoms with Crippen molar-refractivity contribution in [2.45, 2.75) is 12.8 Å². The van der Waals surface area contributed by atoms with Gasteiger partial charge in [-0.2, -0.15) is 0 Å². The van der Waals surface area contributed by atoms with Crippen molar-refractivity contribution in [1.82, 2.24) is 0 Å². The Morgan fingerprint density at radius 3 is 2.44 bits per heavy atom. The molecule has 0 aliphatic carbocycles. The molecule has 0 amide bonds. The van der Waals surface area contributed by atoms with Crippen molar-refractivity contribution in [3.63, 3.8) is 0 Å². The summed E-state index contributed by atoms with van der Waals surface area (Å²) >= 11 is 0. The van der Waals surface area contributed by atoms with Gasteiger partial charge >= 0.3 is 0 Å². The fourth-order valence-corrected chi connectivity index (χ4v) is 1.72. The fourth-order valence-electron chi connectivity index (χ4n) is 1.72. The normalized spacial score (nSPS) is 12.3. The Labute approximate surface area is 93.9 Å². The van der Waals surface area contributed by atoms with E-state index < -0.39 is 0 Å². The molecular formula is C14H12O2. The lowest BCUT2D eigenvalue weighted by Gasteiger charge is -2.06. The first-order valence-electron chi connectivity index (χ1n) is 5.19. The van der Waals surface area contributed by atoms with Crippen LogP contribution >= 0.6 is 0 Å². The molecule has 2 aromatic rings. The third kappa shape index (κ3) is 1.87. The second kappa shape index (κ2) is 4.27. The van der Waals surface area contributed by atoms with Gasteiger partial charge in [-0.1, -0.05) is 37.3 Å². The van der Waals surface area contributed by atoms with Crippen LogP contribution in [0.25, 0.3) is 10.8 Å². The largest absolute Gasteiger partial charge is 0.303 e. The van der Waals surface area contributed by atoms with Crippen LogP contribution in [0.15, 0.2) is 36.4 Å². The van der Waals surface area contributed by atoms with Gasteiger partial charge in [0.25, 0.3) is 0 Å². The number of rotatable bonds is 3. The van der Waals surface area contributed by atoms with Crippen molar-refractivity contribution >= 4 is 23.3 Å². The van der Waals surface area contributed by atoms with E-state index in [9.17, 15) is 9.59 Å². The first kappa shape index (κ1) is 10.6. The molecule has 1 unspecified atom stereocenters. The third-order valence-electron chi connectivity index (χ3n) is 2.75. The van der Waals surface area contributed by atoms with Gasteiger partial charge in [0.1, 0.15) is 12.6 Å². The standard InChI is InChI=1S/C14H12O2/c1-10(8-15)13-5-4-12-3-2-11(9-16)6-14(12)7-13/h2-10H,1H3. The van der Waals surface area contributed by atoms with E-state index in [1.54, 1.807) is 6.07 Å². The Kier molecular flexibility index (Phi) is 2.82. The number of carbonyl (C=O) groups is 2. The highest BCUT2D eigenvalue weighted by Crippen LogP contribution is 2.21. The van der Waals surface area contributed by atoms with Crippen LogP contribution in [-0.2, 0) is 4.79 Å². The Bertz CT molecular complexity index is 543. The van der Waals surface area contributed by atoms with Gasteiger partial charge in [-0.3, -0.25) is 4.79 Å². The highest BCUT2D eigenvalue weighted by atomic mass is 16.1. The van der Waals surface area contributed by atoms with E-state index in [0.29, 0.717) is 5.56 Å². The summed E-state index contributed by atoms with van der Waals surface area (Å²) in [6, 6.07) is 11.4. The maximum atomic E-state index is 10.7. The molecule has 0 bridgehead atoms. The molecule has 0 radical (unpaired) electrons. The third-order valence-corrected chi connectivity index (χ3v) is 2.75. The van der Waals surface area contributed by atoms with Crippen LogP contribution in [0.2, 0.25) is 0 Å². The van der Waals surface area contributed by atoms with Crippen LogP contribution in [0, 0.1) is 0 Å². The smallest absolute Gasteiger partial charge is 0.150 e. The van der Waals surface area contributed by atoms with Gasteiger partial charge in [-0.05, 0) is 22.4 Å². The van der Waals surface area contributed by atoms with Gasteiger partial charge in [0, 0.05) is 11.5 Å². The summed E-state index contributed by atoms with van der Waals surface area (Å²) in [5.74, 6) is -0.107. The number of carbonyl (C=O) groups excluding carboxylic acids is 2. The average Bonchev–Trinajstić information content (AvgIpc) is 2.36. The van der Waals surface area contributed by atoms with Gasteiger partial charge in [0.05, 0.1) is 0 Å². The predicted molar refractivity (Wildman–Crippen MR) is 63.8 cm³/mol. The minimum absolute atomic E-state index is 0.107. The Hall–Kier alpha value is -1.96. The molecule has 0 heterocycles. The monoisotopic (exact) mass is 212 g/mol. The van der Waals surface area contributed by atoms with E-state index in [1.165, 1.54) is 0 Å². The van der Waals surface area contributed by atoms with Crippen LogP contribution in [0.1, 0.15) is 28.8 Å². The maximum absolute atomic E-state index is 10.7. The lowest BCUT2D eigenvalue weighted by molar-refractivity contribution is -0.108. The lowest BCUT2D eigenvalue weighted by atomic mass is 9.98. The summed E-state index contributed by atoms with van der Waals surface area (Å²) < 4.78 is 0. The fraction of sp³-hybridized carbons (Fsp3) is 0.143. The van der Waals surface area contributed by atoms with Crippen molar-refractivity contribution in [3.05, 3.63) is 47.5 Å². The molecule has 80 valence electrons. The summed E-state index contributed by atoms with van der Waals surface area (Å²) in [5.41, 5.74) is 1.63. The number of aldehydes is 2. The predicted octanol–water partition coefficient (Wildman–Crippen LogP) is 2.95. The molecule has 0 saturated carbocycles. The number of hydrogen-bond acceptors (Lipinski definition) is 2. The number of hydrogen-bond donors (Lipinski definition) is 0. The van der Waals surface area contributed by atoms with Crippen molar-refractivity contribution in [2.75, 3.05) is 0 Å². The van der Waals surface area contributed by atoms with E-state index >= 15 is 0 Å². The first-order valence-corrected chi connectivity index (χ1v) is 5.19. The van der Waals surface area contributed by atoms with E-state index in [1.807, 2.05) is 37.3 Å². The van der Waals surface area contributed by atoms with Crippen LogP contribution in [0.4, 0.5) is 0 Å². The van der Waals surface area contributed by atoms with E-state index in [0.717, 1.165) is 28.9 Å². The first-order chi connectivity index (χ1) is 7.74. The van der Waals surface area contributed by atoms with Gasteiger partial charge in [-0.15, -0.1) is 0 Å². The zero-order chi connectivity index (χ0) is 11.5. The van der Waals surface area contributed by atoms with E-state index in [2.05, 4.69) is 0 Å². The minimum Gasteiger partial charge on any atom is -0.303 e. The summed E-state index contributed by atoms with van der Waals surface area (Å²) in [4.78, 5) is 21.4. The zero-order valence-electron chi connectivity index (χ0n) is 9.01. The summed E-state index contributed by atoms with van der Waals surface area (Å²) in [6.07, 6.45) is 1.75. The molecule has 2 rings (SSSR count). The summed E-state index contributed by atoms with van der Waals surface area (Å²) in [7, 11) is 0. The molecule has 2 heteroatoms. The summed E-state index contributed by atoms with van der Waals surface area (Å²) in [5, 5.41) is 2.07. The van der Waals surface area contributed by atoms with Crippen molar-refractivity contribution in [1.29, 1.82) is 0 Å². The van der Waals surface area contributed by atoms with Crippen LogP contribution < -0.4 is 0 Å². The van der Waals surface area contributed by atoms with Gasteiger partial charge in [0.2, 0.25) is 0 Å². The average molecular weight is 212 g/mol. The molecule has 0 N–H and O–H groups in total. The van der Waals surface area contributed by atoms with Gasteiger partial charge in [0.15, 0.2) is 0 Å². The van der Waals surface area contributed by atoms with Crippen LogP contribution in [0.5, 0.6) is 0 Å². The Morgan fingerprint density at radius 1 is 1.00 bits per heavy atom. The number of benzene rings is 2. The molecule has 0 spiro atoms. The second-order valence-electron chi connectivity index (χ2n) is 3.91. The molecule has 2 aromatic carbocycles.